The van der Waals surface area contributed by atoms with Crippen LogP contribution in [-0.4, -0.2) is 51.0 Å². The van der Waals surface area contributed by atoms with E-state index in [1.807, 2.05) is 0 Å². The Balaban J connectivity index is 1.93. The third-order valence-corrected chi connectivity index (χ3v) is 23.7. The Morgan fingerprint density at radius 1 is 0.900 bits per heavy atom. The lowest BCUT2D eigenvalue weighted by atomic mass is 9.79. The van der Waals surface area contributed by atoms with Gasteiger partial charge in [-0.15, -0.1) is 0 Å². The predicted molar refractivity (Wildman–Crippen MR) is 177 cm³/mol. The molecule has 1 fully saturated rings. The molecule has 3 nitrogen and oxygen atoms in total. The number of ether oxygens (including phenoxy) is 1. The van der Waals surface area contributed by atoms with Crippen molar-refractivity contribution in [3.63, 3.8) is 0 Å². The largest absolute Gasteiger partial charge is 0.462 e. The summed E-state index contributed by atoms with van der Waals surface area (Å²) in [6.07, 6.45) is 11.5. The van der Waals surface area contributed by atoms with E-state index in [0.29, 0.717) is 0 Å². The van der Waals surface area contributed by atoms with Gasteiger partial charge in [0.25, 0.3) is 0 Å². The molecule has 5 heteroatoms. The minimum Gasteiger partial charge on any atom is -0.462 e. The minimum absolute atomic E-state index is 0.00933. The number of benzene rings is 2. The molecule has 2 aromatic carbocycles. The van der Waals surface area contributed by atoms with Crippen LogP contribution in [0, 0.1) is 0 Å². The molecule has 0 amide bonds. The highest BCUT2D eigenvalue weighted by atomic mass is 29.2. The van der Waals surface area contributed by atoms with E-state index in [2.05, 4.69) is 120 Å². The average Bonchev–Trinajstić information content (AvgIpc) is 2.93. The number of hydrogen-bond acceptors (Lipinski definition) is 3. The zero-order chi connectivity index (χ0) is 29.4. The molecule has 2 unspecified atom stereocenters. The Morgan fingerprint density at radius 3 is 1.95 bits per heavy atom. The van der Waals surface area contributed by atoms with Gasteiger partial charge in [0, 0.05) is 23.9 Å². The summed E-state index contributed by atoms with van der Waals surface area (Å²) in [5.74, 6) is 0.0745. The van der Waals surface area contributed by atoms with Gasteiger partial charge in [-0.25, -0.2) is 0 Å². The molecule has 1 saturated heterocycles. The van der Waals surface area contributed by atoms with E-state index in [1.54, 1.807) is 0 Å². The lowest BCUT2D eigenvalue weighted by molar-refractivity contribution is -0.159. The molecule has 221 valence electrons. The van der Waals surface area contributed by atoms with Crippen molar-refractivity contribution >= 4 is 32.2 Å². The zero-order valence-electron chi connectivity index (χ0n) is 26.8. The molecule has 2 aromatic rings. The van der Waals surface area contributed by atoms with Crippen LogP contribution in [0.3, 0.4) is 0 Å². The average molecular weight is 579 g/mol. The van der Waals surface area contributed by atoms with Crippen molar-refractivity contribution in [2.45, 2.75) is 135 Å². The molecule has 0 saturated carbocycles. The van der Waals surface area contributed by atoms with Crippen molar-refractivity contribution in [3.05, 3.63) is 60.7 Å². The Morgan fingerprint density at radius 2 is 1.40 bits per heavy atom. The summed E-state index contributed by atoms with van der Waals surface area (Å²) in [6.45, 7) is 16.4. The number of piperidine rings is 1. The molecule has 0 N–H and O–H groups in total. The summed E-state index contributed by atoms with van der Waals surface area (Å²) in [7, 11) is -1.10. The van der Waals surface area contributed by atoms with Crippen LogP contribution in [0.1, 0.15) is 98.8 Å². The molecule has 1 aliphatic heterocycles. The molecule has 1 heterocycles. The molecule has 0 bridgehead atoms. The van der Waals surface area contributed by atoms with Crippen molar-refractivity contribution in [3.8, 4) is 0 Å². The first kappa shape index (κ1) is 32.8. The Hall–Kier alpha value is -1.70. The van der Waals surface area contributed by atoms with E-state index >= 15 is 0 Å². The quantitative estimate of drug-likeness (QED) is 0.130. The molecular weight excluding hydrogens is 523 g/mol. The van der Waals surface area contributed by atoms with Crippen molar-refractivity contribution < 1.29 is 9.53 Å². The topological polar surface area (TPSA) is 29.5 Å². The van der Waals surface area contributed by atoms with Gasteiger partial charge < -0.3 is 4.74 Å². The monoisotopic (exact) mass is 578 g/mol. The minimum atomic E-state index is -2.30. The van der Waals surface area contributed by atoms with E-state index in [1.165, 1.54) is 48.9 Å². The first-order valence-electron chi connectivity index (χ1n) is 15.8. The van der Waals surface area contributed by atoms with Crippen LogP contribution in [0.25, 0.3) is 0 Å². The van der Waals surface area contributed by atoms with Crippen LogP contribution in [0.5, 0.6) is 0 Å². The Bertz CT molecular complexity index is 1020. The second-order valence-corrected chi connectivity index (χ2v) is 24.5. The van der Waals surface area contributed by atoms with Crippen LogP contribution >= 0.6 is 0 Å². The third kappa shape index (κ3) is 7.98. The summed E-state index contributed by atoms with van der Waals surface area (Å²) >= 11 is 0. The van der Waals surface area contributed by atoms with Gasteiger partial charge in [0.1, 0.15) is 6.10 Å². The van der Waals surface area contributed by atoms with Gasteiger partial charge in [0.2, 0.25) is 0 Å². The normalized spacial score (nSPS) is 19.7. The maximum Gasteiger partial charge on any atom is 0.306 e. The molecule has 0 aliphatic carbocycles. The van der Waals surface area contributed by atoms with Gasteiger partial charge in [-0.1, -0.05) is 136 Å². The zero-order valence-corrected chi connectivity index (χ0v) is 28.8. The molecule has 1 radical (unpaired) electrons. The lowest BCUT2D eigenvalue weighted by Crippen LogP contribution is -2.66. The first-order chi connectivity index (χ1) is 18.9. The molecule has 1 aliphatic rings. The van der Waals surface area contributed by atoms with E-state index in [4.69, 9.17) is 4.74 Å². The Kier molecular flexibility index (Phi) is 11.9. The molecule has 0 spiro atoms. The maximum atomic E-state index is 14.5. The number of carbonyl (C=O) groups is 1. The van der Waals surface area contributed by atoms with Gasteiger partial charge in [-0.05, 0) is 41.2 Å². The molecule has 2 atom stereocenters. The highest BCUT2D eigenvalue weighted by Gasteiger charge is 2.50. The van der Waals surface area contributed by atoms with Crippen LogP contribution in [0.2, 0.25) is 18.6 Å². The van der Waals surface area contributed by atoms with Crippen molar-refractivity contribution in [2.75, 3.05) is 7.05 Å². The SMILES string of the molecule is CCCCCCCCCC(C(=O)OC1CC(C)(C)N(C)C(C)(C)C1)[Si](C)(c1ccccc1)[Si](C)c1ccccc1. The van der Waals surface area contributed by atoms with Crippen LogP contribution in [0.4, 0.5) is 0 Å². The van der Waals surface area contributed by atoms with Crippen LogP contribution in [0.15, 0.2) is 60.7 Å². The number of rotatable bonds is 14. The summed E-state index contributed by atoms with van der Waals surface area (Å²) in [4.78, 5) is 17.0. The fourth-order valence-corrected chi connectivity index (χ4v) is 18.3. The van der Waals surface area contributed by atoms with E-state index < -0.39 is 15.9 Å². The van der Waals surface area contributed by atoms with E-state index in [-0.39, 0.29) is 28.7 Å². The molecule has 40 heavy (non-hydrogen) atoms. The summed E-state index contributed by atoms with van der Waals surface area (Å²) in [5, 5.41) is 2.84. The van der Waals surface area contributed by atoms with Crippen LogP contribution in [-0.2, 0) is 9.53 Å². The maximum absolute atomic E-state index is 14.5. The number of nitrogens with zero attached hydrogens (tertiary/aromatic N) is 1. The molecule has 0 aromatic heterocycles. The molecule has 3 rings (SSSR count). The second-order valence-electron chi connectivity index (χ2n) is 13.7. The highest BCUT2D eigenvalue weighted by Crippen LogP contribution is 2.40. The van der Waals surface area contributed by atoms with Gasteiger partial charge in [0.15, 0.2) is 0 Å². The van der Waals surface area contributed by atoms with Gasteiger partial charge in [-0.3, -0.25) is 9.69 Å². The smallest absolute Gasteiger partial charge is 0.306 e. The second kappa shape index (κ2) is 14.5. The summed E-state index contributed by atoms with van der Waals surface area (Å²) in [6, 6.07) is 22.1. The summed E-state index contributed by atoms with van der Waals surface area (Å²) in [5.41, 5.74) is -0.0506. The van der Waals surface area contributed by atoms with Crippen LogP contribution < -0.4 is 10.4 Å². The standard InChI is InChI=1S/C35H56NO2Si2/c1-9-10-11-12-13-14-21-26-32(33(37)38-29-27-34(2,3)36(6)35(4,5)28-29)40(8,31-24-19-16-20-25-31)39(7)30-22-17-15-18-23-30/h15-20,22-25,29,32H,9-14,21,26-28H2,1-8H3. The number of unbranched alkanes of at least 4 members (excludes halogenated alkanes) is 6. The van der Waals surface area contributed by atoms with Crippen molar-refractivity contribution in [1.82, 2.24) is 4.90 Å². The van der Waals surface area contributed by atoms with Crippen molar-refractivity contribution in [1.29, 1.82) is 0 Å². The van der Waals surface area contributed by atoms with E-state index in [0.717, 1.165) is 25.7 Å². The first-order valence-corrected chi connectivity index (χ1v) is 21.4. The number of esters is 1. The predicted octanol–water partition coefficient (Wildman–Crippen LogP) is 7.79. The van der Waals surface area contributed by atoms with Crippen molar-refractivity contribution in [2.24, 2.45) is 0 Å². The lowest BCUT2D eigenvalue weighted by Gasteiger charge is -2.53. The number of hydrogen-bond donors (Lipinski definition) is 0. The molecular formula is C35H56NO2Si2. The third-order valence-electron chi connectivity index (χ3n) is 9.99. The van der Waals surface area contributed by atoms with E-state index in [9.17, 15) is 4.79 Å². The number of carbonyl (C=O) groups excluding carboxylic acids is 1. The fourth-order valence-electron chi connectivity index (χ4n) is 7.01. The van der Waals surface area contributed by atoms with Gasteiger partial charge in [0.05, 0.1) is 21.4 Å². The fraction of sp³-hybridized carbons (Fsp3) is 0.629. The van der Waals surface area contributed by atoms with Gasteiger partial charge >= 0.3 is 5.97 Å². The highest BCUT2D eigenvalue weighted by molar-refractivity contribution is 7.43. The Labute approximate surface area is 248 Å². The van der Waals surface area contributed by atoms with Gasteiger partial charge in [-0.2, -0.15) is 0 Å². The number of likely N-dealkylation sites (tertiary alicyclic amines) is 1. The summed E-state index contributed by atoms with van der Waals surface area (Å²) < 4.78 is 6.62.